The fraction of sp³-hybridized carbons (Fsp3) is 0.273. The van der Waals surface area contributed by atoms with Crippen molar-refractivity contribution in [2.24, 2.45) is 0 Å². The molecule has 0 saturated carbocycles. The van der Waals surface area contributed by atoms with Gasteiger partial charge in [-0.2, -0.15) is 0 Å². The van der Waals surface area contributed by atoms with E-state index in [0.29, 0.717) is 0 Å². The van der Waals surface area contributed by atoms with E-state index >= 15 is 0 Å². The summed E-state index contributed by atoms with van der Waals surface area (Å²) in [6.07, 6.45) is 9.85. The Bertz CT molecular complexity index is 674. The van der Waals surface area contributed by atoms with E-state index in [9.17, 15) is 0 Å². The smallest absolute Gasteiger partial charge is 0.119 e. The zero-order chi connectivity index (χ0) is 16.7. The van der Waals surface area contributed by atoms with Crippen LogP contribution in [0.15, 0.2) is 78.9 Å². The zero-order valence-corrected chi connectivity index (χ0v) is 14.2. The molecule has 0 heterocycles. The molecule has 0 bridgehead atoms. The molecule has 1 aliphatic rings. The average molecular weight is 319 g/mol. The lowest BCUT2D eigenvalue weighted by Gasteiger charge is -2.26. The van der Waals surface area contributed by atoms with E-state index < -0.39 is 0 Å². The van der Waals surface area contributed by atoms with Gasteiger partial charge in [0.15, 0.2) is 0 Å². The summed E-state index contributed by atoms with van der Waals surface area (Å²) in [5.74, 6) is 0.947. The van der Waals surface area contributed by atoms with E-state index in [4.69, 9.17) is 4.74 Å². The van der Waals surface area contributed by atoms with E-state index in [1.165, 1.54) is 11.1 Å². The molecule has 0 amide bonds. The summed E-state index contributed by atoms with van der Waals surface area (Å²) in [6.45, 7) is 4.63. The molecule has 0 saturated heterocycles. The molecule has 0 atom stereocenters. The summed E-state index contributed by atoms with van der Waals surface area (Å²) in [4.78, 5) is 0. The van der Waals surface area contributed by atoms with Crippen molar-refractivity contribution in [1.29, 1.82) is 0 Å². The Morgan fingerprint density at radius 3 is 2.29 bits per heavy atom. The minimum Gasteiger partial charge on any atom is -0.494 e. The SMILES string of the molecule is CCCOc1ccc(CNCC2(c3ccccc3)C=CC=C2)cc1. The summed E-state index contributed by atoms with van der Waals surface area (Å²) in [5, 5.41) is 3.60. The Morgan fingerprint density at radius 1 is 0.917 bits per heavy atom. The molecule has 0 unspecified atom stereocenters. The zero-order valence-electron chi connectivity index (χ0n) is 14.2. The number of benzene rings is 2. The molecule has 0 radical (unpaired) electrons. The number of hydrogen-bond donors (Lipinski definition) is 1. The molecule has 0 aliphatic heterocycles. The van der Waals surface area contributed by atoms with Crippen molar-refractivity contribution in [3.05, 3.63) is 90.0 Å². The quantitative estimate of drug-likeness (QED) is 0.766. The molecular formula is C22H25NO. The Hall–Kier alpha value is -2.32. The van der Waals surface area contributed by atoms with Crippen LogP contribution in [0.3, 0.4) is 0 Å². The van der Waals surface area contributed by atoms with Gasteiger partial charge in [0.05, 0.1) is 6.61 Å². The largest absolute Gasteiger partial charge is 0.494 e. The normalized spacial score (nSPS) is 14.9. The van der Waals surface area contributed by atoms with Crippen LogP contribution < -0.4 is 10.1 Å². The standard InChI is InChI=1S/C22H25NO/c1-2-16-24-21-12-10-19(11-13-21)17-23-18-22(14-6-7-15-22)20-8-4-3-5-9-20/h3-15,23H,2,16-18H2,1H3. The minimum absolute atomic E-state index is 0.0363. The predicted octanol–water partition coefficient (Wildman–Crippen LogP) is 4.63. The van der Waals surface area contributed by atoms with Gasteiger partial charge in [-0.1, -0.05) is 73.7 Å². The highest BCUT2D eigenvalue weighted by Gasteiger charge is 2.27. The van der Waals surface area contributed by atoms with Crippen molar-refractivity contribution in [3.63, 3.8) is 0 Å². The van der Waals surface area contributed by atoms with Gasteiger partial charge in [-0.3, -0.25) is 0 Å². The first-order chi connectivity index (χ1) is 11.8. The van der Waals surface area contributed by atoms with Crippen LogP contribution in [-0.4, -0.2) is 13.2 Å². The first-order valence-electron chi connectivity index (χ1n) is 8.67. The maximum absolute atomic E-state index is 5.63. The van der Waals surface area contributed by atoms with Gasteiger partial charge in [-0.25, -0.2) is 0 Å². The lowest BCUT2D eigenvalue weighted by molar-refractivity contribution is 0.317. The molecule has 0 fully saturated rings. The summed E-state index contributed by atoms with van der Waals surface area (Å²) in [5.41, 5.74) is 2.56. The van der Waals surface area contributed by atoms with Gasteiger partial charge in [-0.05, 0) is 29.7 Å². The summed E-state index contributed by atoms with van der Waals surface area (Å²) < 4.78 is 5.63. The monoisotopic (exact) mass is 319 g/mol. The molecule has 2 aromatic rings. The van der Waals surface area contributed by atoms with Crippen LogP contribution in [0.25, 0.3) is 0 Å². The van der Waals surface area contributed by atoms with Crippen molar-refractivity contribution >= 4 is 0 Å². The lowest BCUT2D eigenvalue weighted by atomic mass is 9.82. The van der Waals surface area contributed by atoms with E-state index in [1.54, 1.807) is 0 Å². The maximum Gasteiger partial charge on any atom is 0.119 e. The molecule has 3 rings (SSSR count). The summed E-state index contributed by atoms with van der Waals surface area (Å²) in [7, 11) is 0. The fourth-order valence-corrected chi connectivity index (χ4v) is 3.01. The maximum atomic E-state index is 5.63. The molecular weight excluding hydrogens is 294 g/mol. The van der Waals surface area contributed by atoms with Crippen molar-refractivity contribution in [1.82, 2.24) is 5.32 Å². The average Bonchev–Trinajstić information content (AvgIpc) is 3.12. The number of ether oxygens (including phenoxy) is 1. The molecule has 0 spiro atoms. The van der Waals surface area contributed by atoms with Crippen molar-refractivity contribution in [3.8, 4) is 5.75 Å². The van der Waals surface area contributed by atoms with E-state index in [1.807, 2.05) is 0 Å². The third-order valence-corrected chi connectivity index (χ3v) is 4.35. The van der Waals surface area contributed by atoms with Gasteiger partial charge in [-0.15, -0.1) is 0 Å². The van der Waals surface area contributed by atoms with E-state index in [0.717, 1.165) is 31.9 Å². The van der Waals surface area contributed by atoms with Gasteiger partial charge in [0.25, 0.3) is 0 Å². The first-order valence-corrected chi connectivity index (χ1v) is 8.67. The first kappa shape index (κ1) is 16.5. The van der Waals surface area contributed by atoms with Gasteiger partial charge in [0.1, 0.15) is 5.75 Å². The predicted molar refractivity (Wildman–Crippen MR) is 100 cm³/mol. The topological polar surface area (TPSA) is 21.3 Å². The molecule has 1 N–H and O–H groups in total. The second-order valence-corrected chi connectivity index (χ2v) is 6.22. The van der Waals surface area contributed by atoms with Crippen molar-refractivity contribution in [2.45, 2.75) is 25.3 Å². The third kappa shape index (κ3) is 3.95. The third-order valence-electron chi connectivity index (χ3n) is 4.35. The number of hydrogen-bond acceptors (Lipinski definition) is 2. The highest BCUT2D eigenvalue weighted by atomic mass is 16.5. The highest BCUT2D eigenvalue weighted by molar-refractivity contribution is 5.43. The van der Waals surface area contributed by atoms with Crippen LogP contribution >= 0.6 is 0 Å². The highest BCUT2D eigenvalue weighted by Crippen LogP contribution is 2.30. The Labute approximate surface area is 144 Å². The number of allylic oxidation sites excluding steroid dienone is 2. The molecule has 2 heteroatoms. The van der Waals surface area contributed by atoms with Crippen LogP contribution in [0.4, 0.5) is 0 Å². The molecule has 0 aromatic heterocycles. The molecule has 2 aromatic carbocycles. The second-order valence-electron chi connectivity index (χ2n) is 6.22. The van der Waals surface area contributed by atoms with Crippen LogP contribution in [0, 0.1) is 0 Å². The lowest BCUT2D eigenvalue weighted by Crippen LogP contribution is -2.33. The van der Waals surface area contributed by atoms with Crippen LogP contribution in [0.1, 0.15) is 24.5 Å². The van der Waals surface area contributed by atoms with E-state index in [2.05, 4.69) is 91.1 Å². The van der Waals surface area contributed by atoms with Gasteiger partial charge >= 0.3 is 0 Å². The second kappa shape index (κ2) is 7.98. The van der Waals surface area contributed by atoms with Gasteiger partial charge in [0.2, 0.25) is 0 Å². The number of nitrogens with one attached hydrogen (secondary N) is 1. The summed E-state index contributed by atoms with van der Waals surface area (Å²) in [6, 6.07) is 19.0. The van der Waals surface area contributed by atoms with Crippen molar-refractivity contribution < 1.29 is 4.74 Å². The Kier molecular flexibility index (Phi) is 5.50. The van der Waals surface area contributed by atoms with Crippen LogP contribution in [-0.2, 0) is 12.0 Å². The molecule has 24 heavy (non-hydrogen) atoms. The van der Waals surface area contributed by atoms with Gasteiger partial charge in [0, 0.05) is 18.5 Å². The molecule has 1 aliphatic carbocycles. The van der Waals surface area contributed by atoms with E-state index in [-0.39, 0.29) is 5.41 Å². The summed E-state index contributed by atoms with van der Waals surface area (Å²) >= 11 is 0. The molecule has 2 nitrogen and oxygen atoms in total. The minimum atomic E-state index is -0.0363. The number of rotatable bonds is 8. The molecule has 124 valence electrons. The fourth-order valence-electron chi connectivity index (χ4n) is 3.01. The van der Waals surface area contributed by atoms with Crippen molar-refractivity contribution in [2.75, 3.05) is 13.2 Å². The Morgan fingerprint density at radius 2 is 1.62 bits per heavy atom. The van der Waals surface area contributed by atoms with Crippen LogP contribution in [0.5, 0.6) is 5.75 Å². The van der Waals surface area contributed by atoms with Crippen LogP contribution in [0.2, 0.25) is 0 Å². The van der Waals surface area contributed by atoms with Gasteiger partial charge < -0.3 is 10.1 Å². The Balaban J connectivity index is 1.59.